The van der Waals surface area contributed by atoms with Crippen LogP contribution >= 0.6 is 0 Å². The van der Waals surface area contributed by atoms with E-state index in [0.717, 1.165) is 55.4 Å². The largest absolute Gasteiger partial charge is 3.00 e. The summed E-state index contributed by atoms with van der Waals surface area (Å²) in [6.07, 6.45) is 0. The van der Waals surface area contributed by atoms with Crippen LogP contribution in [0.5, 0.6) is 0 Å². The molecular formula is C16H30O20Rh3-. The van der Waals surface area contributed by atoms with Crippen molar-refractivity contribution < 1.29 is 160 Å². The van der Waals surface area contributed by atoms with Crippen LogP contribution in [0.2, 0.25) is 0 Å². The number of carboxylic acid groups (broad SMARTS) is 8. The first-order chi connectivity index (χ1) is 13.9. The summed E-state index contributed by atoms with van der Waals surface area (Å²) in [5.74, 6) is -8.67. The summed E-state index contributed by atoms with van der Waals surface area (Å²) >= 11 is 0. The van der Waals surface area contributed by atoms with E-state index < -0.39 is 47.8 Å². The van der Waals surface area contributed by atoms with Gasteiger partial charge >= 0.3 is 58.4 Å². The number of carboxylic acids is 8. The third kappa shape index (κ3) is 6210. The molecule has 0 aliphatic carbocycles. The molecule has 0 heterocycles. The Balaban J connectivity index is -0.0000000127. The average Bonchev–Trinajstić information content (AvgIpc) is 2.30. The van der Waals surface area contributed by atoms with Gasteiger partial charge in [0.2, 0.25) is 0 Å². The Hall–Kier alpha value is -2.53. The summed E-state index contributed by atoms with van der Waals surface area (Å²) in [4.78, 5) is 71.1. The Kier molecular flexibility index (Phi) is 233. The molecule has 0 saturated carbocycles. The molecule has 20 nitrogen and oxygen atoms in total. The first kappa shape index (κ1) is 99.5. The molecule has 6 N–H and O–H groups in total. The van der Waals surface area contributed by atoms with Gasteiger partial charge in [-0.15, -0.1) is 0 Å². The second-order valence-corrected chi connectivity index (χ2v) is 3.93. The van der Waals surface area contributed by atoms with Crippen molar-refractivity contribution in [3.63, 3.8) is 0 Å². The van der Waals surface area contributed by atoms with Gasteiger partial charge in [0.25, 0.3) is 0 Å². The van der Waals surface area contributed by atoms with Crippen LogP contribution in [0.3, 0.4) is 0 Å². The number of aliphatic carboxylic acids is 8. The quantitative estimate of drug-likeness (QED) is 0.204. The third-order valence-corrected chi connectivity index (χ3v) is 0. The molecule has 0 bridgehead atoms. The molecule has 0 aromatic heterocycles. The van der Waals surface area contributed by atoms with Gasteiger partial charge in [0.1, 0.15) is 0 Å². The monoisotopic (exact) mass is 851 g/mol. The third-order valence-electron chi connectivity index (χ3n) is 0. The van der Waals surface area contributed by atoms with Gasteiger partial charge in [-0.1, -0.05) is 0 Å². The zero-order valence-electron chi connectivity index (χ0n) is 21.4. The number of rotatable bonds is 0. The minimum absolute atomic E-state index is 0. The summed E-state index contributed by atoms with van der Waals surface area (Å²) in [7, 11) is 0. The second-order valence-electron chi connectivity index (χ2n) is 3.93. The van der Waals surface area contributed by atoms with E-state index in [2.05, 4.69) is 0 Å². The molecule has 0 radical (unpaired) electrons. The summed E-state index contributed by atoms with van der Waals surface area (Å²) in [6.45, 7) is 7.78. The van der Waals surface area contributed by atoms with Crippen LogP contribution in [-0.2, 0) is 102 Å². The van der Waals surface area contributed by atoms with Gasteiger partial charge in [0.15, 0.2) is 0 Å². The van der Waals surface area contributed by atoms with Crippen LogP contribution in [0.1, 0.15) is 55.4 Å². The van der Waals surface area contributed by atoms with E-state index in [1.165, 1.54) is 0 Å². The van der Waals surface area contributed by atoms with Crippen molar-refractivity contribution in [2.24, 2.45) is 0 Å². The molecule has 0 aliphatic heterocycles. The van der Waals surface area contributed by atoms with Crippen LogP contribution in [0.25, 0.3) is 0 Å². The second kappa shape index (κ2) is 91.4. The fourth-order valence-corrected chi connectivity index (χ4v) is 0. The van der Waals surface area contributed by atoms with Crippen molar-refractivity contribution >= 4 is 47.8 Å². The number of hydrogen-bond donors (Lipinski definition) is 0. The molecule has 0 aromatic carbocycles. The number of carbonyl (C=O) groups excluding carboxylic acids is 8. The first-order valence-corrected chi connectivity index (χ1v) is 7.27. The normalized spacial score (nSPS) is 5.13. The minimum atomic E-state index is -1.08. The van der Waals surface area contributed by atoms with Gasteiger partial charge in [-0.05, 0) is 55.4 Å². The van der Waals surface area contributed by atoms with E-state index in [-0.39, 0.29) is 80.3 Å². The Morgan fingerprint density at radius 2 is 0.282 bits per heavy atom. The SMILES string of the molecule is CC(=O)[O-].CC(=O)[O-].CC(=O)[O-].CC(=O)[O-].CC(=O)[O-].CC(=O)[O-].CC(=O)[O-].CC(=O)[O-].O.O.O.[O-2].[Rh+3].[Rh+3].[Rh+3]. The fourth-order valence-electron chi connectivity index (χ4n) is 0. The van der Waals surface area contributed by atoms with Crippen LogP contribution in [0.4, 0.5) is 0 Å². The Labute approximate surface area is 261 Å². The van der Waals surface area contributed by atoms with Gasteiger partial charge in [0.05, 0.1) is 0 Å². The summed E-state index contributed by atoms with van der Waals surface area (Å²) in [6, 6.07) is 0. The Morgan fingerprint density at radius 1 is 0.282 bits per heavy atom. The molecule has 0 unspecified atom stereocenters. The standard InChI is InChI=1S/8C2H4O2.3H2O.O.3Rh/c8*1-2(3)4;;;;;;;/h8*1H3,(H,3,4);3*1H2;;;;/q;;;;;;;;;;;-2;3*+3/p-8. The van der Waals surface area contributed by atoms with Gasteiger partial charge in [-0.25, -0.2) is 0 Å². The van der Waals surface area contributed by atoms with E-state index in [0.29, 0.717) is 0 Å². The van der Waals surface area contributed by atoms with Gasteiger partial charge in [-0.3, -0.25) is 0 Å². The zero-order valence-corrected chi connectivity index (χ0v) is 26.4. The topological polar surface area (TPSA) is 444 Å². The van der Waals surface area contributed by atoms with Crippen LogP contribution in [0.15, 0.2) is 0 Å². The smallest absolute Gasteiger partial charge is 2.00 e. The number of hydrogen-bond acceptors (Lipinski definition) is 16. The van der Waals surface area contributed by atoms with E-state index >= 15 is 0 Å². The maximum absolute atomic E-state index is 8.89. The predicted octanol–water partition coefficient (Wildman–Crippen LogP) is -12.6. The maximum atomic E-state index is 8.89. The van der Waals surface area contributed by atoms with Crippen molar-refractivity contribution in [3.05, 3.63) is 0 Å². The van der Waals surface area contributed by atoms with Crippen molar-refractivity contribution in [3.8, 4) is 0 Å². The number of carbonyl (C=O) groups is 8. The van der Waals surface area contributed by atoms with Gasteiger partial charge in [0, 0.05) is 47.8 Å². The molecule has 0 saturated heterocycles. The molecule has 0 spiro atoms. The summed E-state index contributed by atoms with van der Waals surface area (Å²) in [5, 5.41) is 71.1. The minimum Gasteiger partial charge on any atom is -2.00 e. The Morgan fingerprint density at radius 3 is 0.282 bits per heavy atom. The van der Waals surface area contributed by atoms with Crippen molar-refractivity contribution in [1.82, 2.24) is 0 Å². The van der Waals surface area contributed by atoms with Crippen LogP contribution in [0, 0.1) is 0 Å². The van der Waals surface area contributed by atoms with Gasteiger partial charge in [-0.2, -0.15) is 0 Å². The van der Waals surface area contributed by atoms with Crippen LogP contribution in [-0.4, -0.2) is 64.2 Å². The molecule has 0 aliphatic rings. The zero-order chi connectivity index (χ0) is 28.6. The van der Waals surface area contributed by atoms with E-state index in [1.54, 1.807) is 0 Å². The average molecular weight is 851 g/mol. The molecular weight excluding hydrogens is 821 g/mol. The van der Waals surface area contributed by atoms with E-state index in [9.17, 15) is 0 Å². The van der Waals surface area contributed by atoms with E-state index in [4.69, 9.17) is 79.2 Å². The predicted molar refractivity (Wildman–Crippen MR) is 97.0 cm³/mol. The van der Waals surface area contributed by atoms with Crippen LogP contribution < -0.4 is 40.9 Å². The molecule has 0 aromatic rings. The molecule has 0 atom stereocenters. The fraction of sp³-hybridized carbons (Fsp3) is 0.500. The molecule has 242 valence electrons. The van der Waals surface area contributed by atoms with Gasteiger partial charge < -0.3 is 101 Å². The van der Waals surface area contributed by atoms with E-state index in [1.807, 2.05) is 0 Å². The molecule has 39 heavy (non-hydrogen) atoms. The Bertz CT molecular complexity index is 379. The molecule has 23 heteroatoms. The van der Waals surface area contributed by atoms with Crippen molar-refractivity contribution in [2.75, 3.05) is 0 Å². The summed E-state index contributed by atoms with van der Waals surface area (Å²) < 4.78 is 0. The molecule has 0 rings (SSSR count). The summed E-state index contributed by atoms with van der Waals surface area (Å²) in [5.41, 5.74) is 0. The maximum Gasteiger partial charge on any atom is 3.00 e. The molecule has 0 amide bonds. The first-order valence-electron chi connectivity index (χ1n) is 7.27. The molecule has 0 fully saturated rings. The van der Waals surface area contributed by atoms with Crippen molar-refractivity contribution in [1.29, 1.82) is 0 Å². The van der Waals surface area contributed by atoms with Crippen molar-refractivity contribution in [2.45, 2.75) is 55.4 Å².